The molecular weight excluding hydrogens is 902 g/mol. The summed E-state index contributed by atoms with van der Waals surface area (Å²) in [7, 11) is 0.539. The summed E-state index contributed by atoms with van der Waals surface area (Å²) in [6, 6.07) is 22.7. The van der Waals surface area contributed by atoms with Crippen molar-refractivity contribution in [2.45, 2.75) is 9.79 Å². The van der Waals surface area contributed by atoms with E-state index in [4.69, 9.17) is 46.5 Å². The molecule has 0 N–H and O–H groups in total. The van der Waals surface area contributed by atoms with Gasteiger partial charge in [0, 0.05) is 42.1 Å². The zero-order valence-corrected chi connectivity index (χ0v) is 27.6. The van der Waals surface area contributed by atoms with Crippen molar-refractivity contribution in [3.05, 3.63) is 138 Å². The van der Waals surface area contributed by atoms with Gasteiger partial charge in [-0.15, -0.1) is 0 Å². The molecule has 4 fully saturated rings. The van der Waals surface area contributed by atoms with E-state index in [2.05, 4.69) is 127 Å². The average Bonchev–Trinajstić information content (AvgIpc) is 3.71. The summed E-state index contributed by atoms with van der Waals surface area (Å²) in [5.74, 6) is 0. The van der Waals surface area contributed by atoms with Gasteiger partial charge in [-0.25, -0.2) is 0 Å². The second kappa shape index (κ2) is 41.6. The van der Waals surface area contributed by atoms with E-state index in [0.29, 0.717) is 9.79 Å². The molecule has 6 rings (SSSR count). The maximum atomic E-state index is 7.50. The zero-order valence-electron chi connectivity index (χ0n) is 20.0. The summed E-state index contributed by atoms with van der Waals surface area (Å²) < 4.78 is 75.0. The zero-order chi connectivity index (χ0) is 31.8. The standard InChI is InChI=1S/C16H14P2.10CO.2W/c1-3-7-13(8-4-1)15-16(14-9-5-2-6-10-14)17(15)11-12-18(15)16;10*1-2;;/h1-10H,11-12H2;;;;;;;;;;;;. The minimum Gasteiger partial charge on any atom is -0.0718 e. The van der Waals surface area contributed by atoms with Gasteiger partial charge in [-0.2, -0.15) is 0 Å². The van der Waals surface area contributed by atoms with Crippen LogP contribution < -0.4 is 0 Å². The smallest absolute Gasteiger partial charge is 0.0550 e. The molecule has 200 valence electrons. The number of fused-ring (bicyclic) bond motifs is 1. The SMILES string of the molecule is [C-]#[O+].[C-]#[O+].[C-]#[O+].[C-]#[O+].[C-]#[O+].[C-]#[O+].[C-]#[O+].[C-]#[O+].[C-]#[O+].[C-]#[O+].[W].[W].c1ccc(C23P4CCP2C43c2ccccc2)cc1. The van der Waals surface area contributed by atoms with Crippen LogP contribution in [0.25, 0.3) is 0 Å². The van der Waals surface area contributed by atoms with E-state index in [1.165, 1.54) is 12.3 Å². The monoisotopic (exact) mass is 916 g/mol. The summed E-state index contributed by atoms with van der Waals surface area (Å²) in [6.07, 6.45) is 3.07. The molecule has 0 amide bonds. The van der Waals surface area contributed by atoms with E-state index in [9.17, 15) is 0 Å². The van der Waals surface area contributed by atoms with E-state index in [-0.39, 0.29) is 58.0 Å². The van der Waals surface area contributed by atoms with Gasteiger partial charge >= 0.3 is 113 Å². The van der Waals surface area contributed by atoms with Crippen molar-refractivity contribution in [2.24, 2.45) is 0 Å². The van der Waals surface area contributed by atoms with Gasteiger partial charge in [0.05, 0.1) is 9.79 Å². The molecule has 2 bridgehead atoms. The molecule has 2 aromatic carbocycles. The van der Waals surface area contributed by atoms with Crippen molar-refractivity contribution in [2.75, 3.05) is 12.3 Å². The molecule has 0 aromatic heterocycles. The fraction of sp³-hybridized carbons (Fsp3) is 0.154. The van der Waals surface area contributed by atoms with Crippen LogP contribution in [0.5, 0.6) is 0 Å². The molecule has 0 spiro atoms. The molecule has 0 atom stereocenters. The fourth-order valence-corrected chi connectivity index (χ4v) is 17.0. The van der Waals surface area contributed by atoms with Crippen LogP contribution in [0.15, 0.2) is 60.7 Å². The van der Waals surface area contributed by atoms with Crippen LogP contribution in [-0.4, -0.2) is 12.3 Å². The van der Waals surface area contributed by atoms with Crippen LogP contribution >= 0.6 is 15.8 Å². The molecule has 0 radical (unpaired) electrons. The molecule has 4 saturated heterocycles. The Morgan fingerprint density at radius 1 is 0.375 bits per heavy atom. The summed E-state index contributed by atoms with van der Waals surface area (Å²) in [5, 5.41) is 0. The van der Waals surface area contributed by atoms with Gasteiger partial charge in [0.1, 0.15) is 0 Å². The van der Waals surface area contributed by atoms with Crippen LogP contribution in [0.2, 0.25) is 0 Å². The minimum atomic E-state index is 0. The Kier molecular flexibility index (Phi) is 60.1. The largest absolute Gasteiger partial charge is 0.0718 e. The summed E-state index contributed by atoms with van der Waals surface area (Å²) in [4.78, 5) is 1.33. The van der Waals surface area contributed by atoms with E-state index < -0.39 is 0 Å². The maximum absolute atomic E-state index is 7.50. The van der Waals surface area contributed by atoms with Crippen molar-refractivity contribution in [3.8, 4) is 0 Å². The van der Waals surface area contributed by atoms with Gasteiger partial charge < -0.3 is 0 Å². The Bertz CT molecular complexity index is 908. The molecule has 10 nitrogen and oxygen atoms in total. The number of hydrogen-bond acceptors (Lipinski definition) is 0. The quantitative estimate of drug-likeness (QED) is 0.235. The van der Waals surface area contributed by atoms with Gasteiger partial charge in [0.25, 0.3) is 0 Å². The molecule has 4 aliphatic heterocycles. The van der Waals surface area contributed by atoms with E-state index in [1.807, 2.05) is 0 Å². The average molecular weight is 916 g/mol. The van der Waals surface area contributed by atoms with Gasteiger partial charge in [-0.3, -0.25) is 0 Å². The number of benzene rings is 2. The third kappa shape index (κ3) is 12.3. The Morgan fingerprint density at radius 3 is 0.725 bits per heavy atom. The molecule has 2 aromatic rings. The molecule has 0 aliphatic carbocycles. The first-order valence-corrected chi connectivity index (χ1v) is 11.7. The van der Waals surface area contributed by atoms with Crippen molar-refractivity contribution in [1.82, 2.24) is 0 Å². The first-order chi connectivity index (χ1) is 18.9. The Labute approximate surface area is 263 Å². The second-order valence-corrected chi connectivity index (χ2v) is 11.4. The van der Waals surface area contributed by atoms with Crippen molar-refractivity contribution in [1.29, 1.82) is 0 Å². The predicted molar refractivity (Wildman–Crippen MR) is 119 cm³/mol. The first-order valence-electron chi connectivity index (χ1n) is 8.64. The third-order valence-corrected chi connectivity index (χ3v) is 14.8. The molecule has 4 heterocycles. The van der Waals surface area contributed by atoms with Crippen LogP contribution in [-0.2, 0) is 98.4 Å². The molecule has 14 heteroatoms. The van der Waals surface area contributed by atoms with Crippen LogP contribution in [0, 0.1) is 66.5 Å². The summed E-state index contributed by atoms with van der Waals surface area (Å²) in [5.41, 5.74) is 3.31. The van der Waals surface area contributed by atoms with Crippen LogP contribution in [0.4, 0.5) is 0 Å². The van der Waals surface area contributed by atoms with E-state index in [1.54, 1.807) is 11.1 Å². The Morgan fingerprint density at radius 2 is 0.550 bits per heavy atom. The van der Waals surface area contributed by atoms with Gasteiger partial charge in [0.15, 0.2) is 0 Å². The van der Waals surface area contributed by atoms with Gasteiger partial charge in [-0.05, 0) is 23.5 Å². The molecule has 0 saturated carbocycles. The van der Waals surface area contributed by atoms with Crippen molar-refractivity contribution >= 4 is 15.8 Å². The van der Waals surface area contributed by atoms with Crippen molar-refractivity contribution < 1.29 is 88.7 Å². The van der Waals surface area contributed by atoms with Gasteiger partial charge in [-0.1, -0.05) is 76.5 Å². The molecule has 4 aliphatic rings. The summed E-state index contributed by atoms with van der Waals surface area (Å²) >= 11 is 0. The van der Waals surface area contributed by atoms with E-state index in [0.717, 1.165) is 0 Å². The predicted octanol–water partition coefficient (Wildman–Crippen LogP) is 4.32. The Balaban J connectivity index is -0.0000000674. The number of hydrogen-bond donors (Lipinski definition) is 0. The van der Waals surface area contributed by atoms with Crippen LogP contribution in [0.3, 0.4) is 0 Å². The number of rotatable bonds is 2. The maximum Gasteiger partial charge on any atom is 0.0550 e. The topological polar surface area (TPSA) is 199 Å². The molecule has 0 unspecified atom stereocenters. The third-order valence-electron chi connectivity index (χ3n) is 4.85. The minimum absolute atomic E-state index is 0. The van der Waals surface area contributed by atoms with E-state index >= 15 is 0 Å². The Hall–Kier alpha value is -1.92. The van der Waals surface area contributed by atoms with Crippen LogP contribution in [0.1, 0.15) is 11.1 Å². The normalized spacial score (nSPS) is 19.6. The molecule has 40 heavy (non-hydrogen) atoms. The summed E-state index contributed by atoms with van der Waals surface area (Å²) in [6.45, 7) is 45.0. The fourth-order valence-electron chi connectivity index (χ4n) is 4.24. The van der Waals surface area contributed by atoms with Crippen molar-refractivity contribution in [3.63, 3.8) is 0 Å². The second-order valence-electron chi connectivity index (χ2n) is 5.38. The first kappa shape index (κ1) is 57.9. The van der Waals surface area contributed by atoms with Gasteiger partial charge in [0.2, 0.25) is 0 Å². The molecular formula is C26H14O10P2W2.